The van der Waals surface area contributed by atoms with Crippen LogP contribution in [0, 0.1) is 0 Å². The molecule has 0 aliphatic rings. The smallest absolute Gasteiger partial charge is 0.239 e. The molecular formula is C20H39N7O5. The van der Waals surface area contributed by atoms with Crippen molar-refractivity contribution in [3.63, 3.8) is 0 Å². The Bertz CT molecular complexity index is 601. The van der Waals surface area contributed by atoms with Gasteiger partial charge in [-0.15, -0.1) is 0 Å². The molecule has 0 saturated carbocycles. The van der Waals surface area contributed by atoms with E-state index in [9.17, 15) is 24.0 Å². The molecule has 12 nitrogen and oxygen atoms in total. The van der Waals surface area contributed by atoms with Crippen LogP contribution in [0.25, 0.3) is 0 Å². The number of carbonyl (C=O) groups is 5. The molecule has 12 heteroatoms. The molecule has 0 bridgehead atoms. The van der Waals surface area contributed by atoms with Crippen molar-refractivity contribution in [3.05, 3.63) is 0 Å². The van der Waals surface area contributed by atoms with Crippen molar-refractivity contribution >= 4 is 29.5 Å². The number of hydrogen-bond acceptors (Lipinski definition) is 7. The van der Waals surface area contributed by atoms with E-state index in [0.717, 1.165) is 0 Å². The largest absolute Gasteiger partial charge is 0.368 e. The van der Waals surface area contributed by atoms with Crippen LogP contribution in [0.2, 0.25) is 0 Å². The quantitative estimate of drug-likeness (QED) is 0.104. The normalized spacial score (nSPS) is 11.3. The number of hydrogen-bond donors (Lipinski definition) is 7. The summed E-state index contributed by atoms with van der Waals surface area (Å²) in [6, 6.07) is -0.800. The maximum atomic E-state index is 12.0. The van der Waals surface area contributed by atoms with Crippen molar-refractivity contribution in [2.24, 2.45) is 5.73 Å². The van der Waals surface area contributed by atoms with E-state index in [4.69, 9.17) is 5.73 Å². The minimum absolute atomic E-state index is 0.0522. The van der Waals surface area contributed by atoms with E-state index in [1.165, 1.54) is 0 Å². The minimum Gasteiger partial charge on any atom is -0.368 e. The van der Waals surface area contributed by atoms with Gasteiger partial charge in [-0.2, -0.15) is 0 Å². The summed E-state index contributed by atoms with van der Waals surface area (Å²) >= 11 is 0. The standard InChI is InChI=1S/C20H39N7O5/c1-22-11-6-16(28)25-13-8-18(30)24-10-4-3-5-15(20(21)32)27-19(31)9-14-26-17(29)7-12-23-2/h15,22-23H,3-14H2,1-2H3,(H2,21,32)(H,24,30)(H,25,28)(H,26,29)(H,27,31). The number of nitrogens with one attached hydrogen (secondary N) is 6. The number of amides is 5. The van der Waals surface area contributed by atoms with Crippen LogP contribution in [0.1, 0.15) is 44.9 Å². The van der Waals surface area contributed by atoms with Crippen LogP contribution in [0.5, 0.6) is 0 Å². The Balaban J connectivity index is 3.93. The van der Waals surface area contributed by atoms with E-state index >= 15 is 0 Å². The van der Waals surface area contributed by atoms with Gasteiger partial charge in [0, 0.05) is 58.4 Å². The van der Waals surface area contributed by atoms with Gasteiger partial charge >= 0.3 is 0 Å². The summed E-state index contributed by atoms with van der Waals surface area (Å²) < 4.78 is 0. The first-order valence-corrected chi connectivity index (χ1v) is 11.0. The number of carbonyl (C=O) groups excluding carboxylic acids is 5. The lowest BCUT2D eigenvalue weighted by atomic mass is 10.1. The van der Waals surface area contributed by atoms with Gasteiger partial charge in [0.2, 0.25) is 29.5 Å². The third kappa shape index (κ3) is 17.0. The molecule has 0 aromatic rings. The lowest BCUT2D eigenvalue weighted by Gasteiger charge is -2.15. The number of rotatable bonds is 19. The van der Waals surface area contributed by atoms with Crippen molar-refractivity contribution in [2.75, 3.05) is 46.8 Å². The van der Waals surface area contributed by atoms with Crippen LogP contribution in [0.4, 0.5) is 0 Å². The van der Waals surface area contributed by atoms with Gasteiger partial charge in [0.05, 0.1) is 0 Å². The second kappa shape index (κ2) is 19.0. The maximum absolute atomic E-state index is 12.0. The molecule has 0 fully saturated rings. The average molecular weight is 458 g/mol. The number of primary amides is 1. The second-order valence-electron chi connectivity index (χ2n) is 7.28. The SMILES string of the molecule is CNCCC(=O)NCCC(=O)NCCCCC(NC(=O)CCNC(=O)CCNC)C(N)=O. The van der Waals surface area contributed by atoms with Gasteiger partial charge < -0.3 is 37.6 Å². The molecule has 32 heavy (non-hydrogen) atoms. The zero-order chi connectivity index (χ0) is 24.2. The molecular weight excluding hydrogens is 418 g/mol. The van der Waals surface area contributed by atoms with Crippen LogP contribution in [-0.4, -0.2) is 82.4 Å². The summed E-state index contributed by atoms with van der Waals surface area (Å²) in [7, 11) is 3.50. The lowest BCUT2D eigenvalue weighted by molar-refractivity contribution is -0.127. The van der Waals surface area contributed by atoms with Crippen molar-refractivity contribution in [1.82, 2.24) is 31.9 Å². The fourth-order valence-electron chi connectivity index (χ4n) is 2.63. The fraction of sp³-hybridized carbons (Fsp3) is 0.750. The average Bonchev–Trinajstić information content (AvgIpc) is 2.75. The van der Waals surface area contributed by atoms with Crippen molar-refractivity contribution < 1.29 is 24.0 Å². The van der Waals surface area contributed by atoms with Crippen molar-refractivity contribution in [2.45, 2.75) is 51.0 Å². The number of nitrogens with two attached hydrogens (primary N) is 1. The molecule has 1 atom stereocenters. The van der Waals surface area contributed by atoms with Gasteiger partial charge in [-0.1, -0.05) is 0 Å². The Hall–Kier alpha value is -2.73. The Morgan fingerprint density at radius 1 is 0.625 bits per heavy atom. The summed E-state index contributed by atoms with van der Waals surface area (Å²) in [6.45, 7) is 2.01. The summed E-state index contributed by atoms with van der Waals surface area (Å²) in [5.41, 5.74) is 5.35. The monoisotopic (exact) mass is 457 g/mol. The van der Waals surface area contributed by atoms with Crippen LogP contribution in [0.3, 0.4) is 0 Å². The molecule has 0 spiro atoms. The molecule has 0 rings (SSSR count). The summed E-state index contributed by atoms with van der Waals surface area (Å²) in [4.78, 5) is 58.2. The molecule has 0 aromatic heterocycles. The molecule has 0 heterocycles. The Labute approximate surface area is 189 Å². The maximum Gasteiger partial charge on any atom is 0.239 e. The van der Waals surface area contributed by atoms with Gasteiger partial charge in [-0.05, 0) is 33.4 Å². The van der Waals surface area contributed by atoms with Crippen LogP contribution >= 0.6 is 0 Å². The van der Waals surface area contributed by atoms with Gasteiger partial charge in [0.1, 0.15) is 6.04 Å². The highest BCUT2D eigenvalue weighted by Gasteiger charge is 2.17. The van der Waals surface area contributed by atoms with E-state index in [1.807, 2.05) is 0 Å². The molecule has 0 saturated heterocycles. The molecule has 0 aliphatic carbocycles. The molecule has 1 unspecified atom stereocenters. The van der Waals surface area contributed by atoms with Gasteiger partial charge in [0.15, 0.2) is 0 Å². The highest BCUT2D eigenvalue weighted by Crippen LogP contribution is 2.01. The van der Waals surface area contributed by atoms with Gasteiger partial charge in [-0.3, -0.25) is 24.0 Å². The van der Waals surface area contributed by atoms with Gasteiger partial charge in [0.25, 0.3) is 0 Å². The van der Waals surface area contributed by atoms with E-state index in [2.05, 4.69) is 31.9 Å². The molecule has 184 valence electrons. The third-order valence-electron chi connectivity index (χ3n) is 4.47. The topological polar surface area (TPSA) is 184 Å². The Morgan fingerprint density at radius 2 is 1.06 bits per heavy atom. The third-order valence-corrected chi connectivity index (χ3v) is 4.47. The summed E-state index contributed by atoms with van der Waals surface area (Å²) in [6.07, 6.45) is 2.47. The molecule has 0 aliphatic heterocycles. The van der Waals surface area contributed by atoms with Gasteiger partial charge in [-0.25, -0.2) is 0 Å². The van der Waals surface area contributed by atoms with Crippen LogP contribution in [-0.2, 0) is 24.0 Å². The first-order chi connectivity index (χ1) is 15.3. The molecule has 0 radical (unpaired) electrons. The zero-order valence-corrected chi connectivity index (χ0v) is 19.2. The minimum atomic E-state index is -0.800. The molecule has 8 N–H and O–H groups in total. The highest BCUT2D eigenvalue weighted by atomic mass is 16.2. The van der Waals surface area contributed by atoms with Crippen molar-refractivity contribution in [1.29, 1.82) is 0 Å². The van der Waals surface area contributed by atoms with E-state index in [1.54, 1.807) is 14.1 Å². The predicted octanol–water partition coefficient (Wildman–Crippen LogP) is -2.53. The zero-order valence-electron chi connectivity index (χ0n) is 19.2. The fourth-order valence-corrected chi connectivity index (χ4v) is 2.63. The lowest BCUT2D eigenvalue weighted by Crippen LogP contribution is -2.45. The Kier molecular flexibility index (Phi) is 17.4. The first-order valence-electron chi connectivity index (χ1n) is 11.0. The first kappa shape index (κ1) is 29.3. The second-order valence-corrected chi connectivity index (χ2v) is 7.28. The Morgan fingerprint density at radius 3 is 1.53 bits per heavy atom. The summed E-state index contributed by atoms with van der Waals surface area (Å²) in [5, 5.41) is 16.3. The summed E-state index contributed by atoms with van der Waals surface area (Å²) in [5.74, 6) is -1.43. The molecule has 0 aromatic carbocycles. The van der Waals surface area contributed by atoms with E-state index in [-0.39, 0.29) is 49.6 Å². The highest BCUT2D eigenvalue weighted by molar-refractivity contribution is 5.86. The number of unbranched alkanes of at least 4 members (excludes halogenated alkanes) is 1. The van der Waals surface area contributed by atoms with E-state index < -0.39 is 11.9 Å². The van der Waals surface area contributed by atoms with Crippen molar-refractivity contribution in [3.8, 4) is 0 Å². The molecule has 5 amide bonds. The predicted molar refractivity (Wildman–Crippen MR) is 120 cm³/mol. The van der Waals surface area contributed by atoms with E-state index in [0.29, 0.717) is 51.7 Å². The van der Waals surface area contributed by atoms with Crippen LogP contribution < -0.4 is 37.6 Å². The van der Waals surface area contributed by atoms with Crippen LogP contribution in [0.15, 0.2) is 0 Å².